The van der Waals surface area contributed by atoms with Crippen molar-refractivity contribution in [2.45, 2.75) is 26.2 Å². The van der Waals surface area contributed by atoms with Crippen LogP contribution in [0.4, 0.5) is 4.79 Å². The number of piperidine rings is 1. The van der Waals surface area contributed by atoms with E-state index in [4.69, 9.17) is 0 Å². The first-order valence-corrected chi connectivity index (χ1v) is 6.27. The van der Waals surface area contributed by atoms with E-state index in [2.05, 4.69) is 17.1 Å². The van der Waals surface area contributed by atoms with Crippen molar-refractivity contribution in [1.82, 2.24) is 15.1 Å². The maximum Gasteiger partial charge on any atom is 0.317 e. The van der Waals surface area contributed by atoms with Crippen LogP contribution in [-0.2, 0) is 0 Å². The number of carbonyl (C=O) groups excluding carboxylic acids is 1. The molecule has 1 aliphatic rings. The second-order valence-electron chi connectivity index (χ2n) is 5.08. The molecule has 4 nitrogen and oxygen atoms in total. The number of urea groups is 1. The van der Waals surface area contributed by atoms with Crippen molar-refractivity contribution in [1.29, 1.82) is 0 Å². The number of amides is 2. The van der Waals surface area contributed by atoms with E-state index in [1.54, 1.807) is 0 Å². The predicted octanol–water partition coefficient (Wildman–Crippen LogP) is 1.38. The van der Waals surface area contributed by atoms with Crippen LogP contribution in [0.2, 0.25) is 0 Å². The zero-order valence-electron chi connectivity index (χ0n) is 10.8. The third kappa shape index (κ3) is 4.84. The number of nitrogens with zero attached hydrogens (tertiary/aromatic N) is 2. The van der Waals surface area contributed by atoms with Crippen LogP contribution in [0.1, 0.15) is 26.2 Å². The summed E-state index contributed by atoms with van der Waals surface area (Å²) in [6.45, 7) is 5.85. The lowest BCUT2D eigenvalue weighted by Gasteiger charge is -2.31. The Morgan fingerprint density at radius 3 is 2.88 bits per heavy atom. The average molecular weight is 227 g/mol. The van der Waals surface area contributed by atoms with E-state index in [1.807, 2.05) is 19.0 Å². The molecule has 1 heterocycles. The summed E-state index contributed by atoms with van der Waals surface area (Å²) >= 11 is 0. The largest absolute Gasteiger partial charge is 0.338 e. The van der Waals surface area contributed by atoms with Crippen LogP contribution in [0, 0.1) is 5.92 Å². The summed E-state index contributed by atoms with van der Waals surface area (Å²) in [6.07, 6.45) is 3.42. The molecular weight excluding hydrogens is 202 g/mol. The van der Waals surface area contributed by atoms with Crippen LogP contribution in [0.25, 0.3) is 0 Å². The Bertz CT molecular complexity index is 218. The first-order valence-electron chi connectivity index (χ1n) is 6.27. The van der Waals surface area contributed by atoms with Gasteiger partial charge < -0.3 is 15.1 Å². The van der Waals surface area contributed by atoms with Gasteiger partial charge in [0.05, 0.1) is 0 Å². The summed E-state index contributed by atoms with van der Waals surface area (Å²) < 4.78 is 0. The second-order valence-corrected chi connectivity index (χ2v) is 5.08. The van der Waals surface area contributed by atoms with Crippen molar-refractivity contribution in [2.75, 3.05) is 40.3 Å². The van der Waals surface area contributed by atoms with Gasteiger partial charge in [-0.2, -0.15) is 0 Å². The van der Waals surface area contributed by atoms with E-state index in [0.29, 0.717) is 5.92 Å². The van der Waals surface area contributed by atoms with E-state index < -0.39 is 0 Å². The zero-order valence-corrected chi connectivity index (χ0v) is 10.8. The fraction of sp³-hybridized carbons (Fsp3) is 0.917. The van der Waals surface area contributed by atoms with E-state index in [9.17, 15) is 4.79 Å². The quantitative estimate of drug-likeness (QED) is 0.737. The van der Waals surface area contributed by atoms with Gasteiger partial charge >= 0.3 is 6.03 Å². The molecule has 1 aliphatic heterocycles. The summed E-state index contributed by atoms with van der Waals surface area (Å²) in [4.78, 5) is 15.9. The minimum absolute atomic E-state index is 0.116. The maximum absolute atomic E-state index is 11.8. The Hall–Kier alpha value is -0.770. The molecule has 1 saturated heterocycles. The summed E-state index contributed by atoms with van der Waals surface area (Å²) in [5.74, 6) is 0.654. The molecule has 2 amide bonds. The van der Waals surface area contributed by atoms with Crippen LogP contribution in [0.5, 0.6) is 0 Å². The van der Waals surface area contributed by atoms with Crippen molar-refractivity contribution >= 4 is 6.03 Å². The molecule has 1 unspecified atom stereocenters. The molecule has 16 heavy (non-hydrogen) atoms. The Morgan fingerprint density at radius 1 is 1.50 bits per heavy atom. The highest BCUT2D eigenvalue weighted by atomic mass is 16.2. The topological polar surface area (TPSA) is 35.6 Å². The fourth-order valence-electron chi connectivity index (χ4n) is 2.08. The van der Waals surface area contributed by atoms with Crippen molar-refractivity contribution in [3.8, 4) is 0 Å². The zero-order chi connectivity index (χ0) is 12.0. The van der Waals surface area contributed by atoms with Crippen LogP contribution in [-0.4, -0.2) is 56.1 Å². The lowest BCUT2D eigenvalue weighted by Crippen LogP contribution is -2.45. The van der Waals surface area contributed by atoms with Gasteiger partial charge in [-0.3, -0.25) is 0 Å². The predicted molar refractivity (Wildman–Crippen MR) is 66.5 cm³/mol. The van der Waals surface area contributed by atoms with Gasteiger partial charge in [0.15, 0.2) is 0 Å². The lowest BCUT2D eigenvalue weighted by molar-refractivity contribution is 0.169. The van der Waals surface area contributed by atoms with E-state index in [1.165, 1.54) is 6.42 Å². The summed E-state index contributed by atoms with van der Waals surface area (Å²) in [7, 11) is 4.10. The highest BCUT2D eigenvalue weighted by molar-refractivity contribution is 5.74. The van der Waals surface area contributed by atoms with Crippen LogP contribution >= 0.6 is 0 Å². The number of rotatable bonds is 4. The van der Waals surface area contributed by atoms with Crippen molar-refractivity contribution < 1.29 is 4.79 Å². The number of hydrogen-bond donors (Lipinski definition) is 1. The highest BCUT2D eigenvalue weighted by Crippen LogP contribution is 2.14. The molecule has 1 N–H and O–H groups in total. The minimum Gasteiger partial charge on any atom is -0.338 e. The highest BCUT2D eigenvalue weighted by Gasteiger charge is 2.20. The smallest absolute Gasteiger partial charge is 0.317 e. The third-order valence-corrected chi connectivity index (χ3v) is 3.00. The minimum atomic E-state index is 0.116. The second kappa shape index (κ2) is 6.74. The third-order valence-electron chi connectivity index (χ3n) is 3.00. The number of hydrogen-bond acceptors (Lipinski definition) is 2. The molecular formula is C12H25N3O. The molecule has 1 fully saturated rings. The molecule has 0 aromatic carbocycles. The molecule has 0 aliphatic carbocycles. The van der Waals surface area contributed by atoms with Crippen LogP contribution < -0.4 is 5.32 Å². The Kier molecular flexibility index (Phi) is 5.60. The van der Waals surface area contributed by atoms with Gasteiger partial charge in [-0.25, -0.2) is 4.79 Å². The van der Waals surface area contributed by atoms with Gasteiger partial charge in [0.2, 0.25) is 0 Å². The van der Waals surface area contributed by atoms with E-state index in [0.717, 1.165) is 39.0 Å². The first kappa shape index (κ1) is 13.3. The summed E-state index contributed by atoms with van der Waals surface area (Å²) in [6, 6.07) is 0.116. The summed E-state index contributed by atoms with van der Waals surface area (Å²) in [5.41, 5.74) is 0. The van der Waals surface area contributed by atoms with Crippen molar-refractivity contribution in [2.24, 2.45) is 5.92 Å². The Balaban J connectivity index is 2.14. The monoisotopic (exact) mass is 227 g/mol. The molecule has 0 aromatic rings. The normalized spacial score (nSPS) is 21.2. The molecule has 0 spiro atoms. The number of likely N-dealkylation sites (tertiary alicyclic amines) is 1. The van der Waals surface area contributed by atoms with Gasteiger partial charge in [0.25, 0.3) is 0 Å². The molecule has 4 heteroatoms. The molecule has 0 saturated carbocycles. The molecule has 0 aromatic heterocycles. The molecule has 94 valence electrons. The molecule has 0 bridgehead atoms. The summed E-state index contributed by atoms with van der Waals surface area (Å²) in [5, 5.41) is 2.99. The van der Waals surface area contributed by atoms with E-state index >= 15 is 0 Å². The van der Waals surface area contributed by atoms with Crippen molar-refractivity contribution in [3.05, 3.63) is 0 Å². The standard InChI is InChI=1S/C12H25N3O/c1-11-6-4-9-15(10-11)12(16)13-7-5-8-14(2)3/h11H,4-10H2,1-3H3,(H,13,16). The number of carbonyl (C=O) groups is 1. The van der Waals surface area contributed by atoms with Gasteiger partial charge in [0, 0.05) is 19.6 Å². The Labute approximate surface area is 99.0 Å². The van der Waals surface area contributed by atoms with E-state index in [-0.39, 0.29) is 6.03 Å². The SMILES string of the molecule is CC1CCCN(C(=O)NCCCN(C)C)C1. The van der Waals surface area contributed by atoms with Gasteiger partial charge in [-0.05, 0) is 45.8 Å². The molecule has 1 rings (SSSR count). The molecule has 0 radical (unpaired) electrons. The number of nitrogens with one attached hydrogen (secondary N) is 1. The lowest BCUT2D eigenvalue weighted by atomic mass is 10.0. The van der Waals surface area contributed by atoms with Crippen LogP contribution in [0.3, 0.4) is 0 Å². The van der Waals surface area contributed by atoms with Gasteiger partial charge in [-0.15, -0.1) is 0 Å². The van der Waals surface area contributed by atoms with Crippen molar-refractivity contribution in [3.63, 3.8) is 0 Å². The van der Waals surface area contributed by atoms with Gasteiger partial charge in [-0.1, -0.05) is 6.92 Å². The van der Waals surface area contributed by atoms with Crippen LogP contribution in [0.15, 0.2) is 0 Å². The maximum atomic E-state index is 11.8. The Morgan fingerprint density at radius 2 is 2.25 bits per heavy atom. The molecule has 1 atom stereocenters. The fourth-order valence-corrected chi connectivity index (χ4v) is 2.08. The first-order chi connectivity index (χ1) is 7.59. The average Bonchev–Trinajstić information content (AvgIpc) is 2.24. The van der Waals surface area contributed by atoms with Gasteiger partial charge in [0.1, 0.15) is 0 Å².